The van der Waals surface area contributed by atoms with E-state index < -0.39 is 5.56 Å². The van der Waals surface area contributed by atoms with Gasteiger partial charge in [-0.3, -0.25) is 9.36 Å². The predicted octanol–water partition coefficient (Wildman–Crippen LogP) is -0.147. The van der Waals surface area contributed by atoms with Gasteiger partial charge in [0, 0.05) is 12.6 Å². The van der Waals surface area contributed by atoms with Gasteiger partial charge in [-0.2, -0.15) is 5.26 Å². The number of pyridine rings is 1. The van der Waals surface area contributed by atoms with Gasteiger partial charge in [0.2, 0.25) is 5.88 Å². The van der Waals surface area contributed by atoms with Crippen LogP contribution in [0.5, 0.6) is 5.88 Å². The van der Waals surface area contributed by atoms with Crippen molar-refractivity contribution >= 4 is 5.69 Å². The normalized spacial score (nSPS) is 9.62. The Balaban J connectivity index is 3.80. The molecule has 0 saturated carbocycles. The van der Waals surface area contributed by atoms with E-state index in [2.05, 4.69) is 0 Å². The summed E-state index contributed by atoms with van der Waals surface area (Å²) in [7, 11) is 1.36. The lowest BCUT2D eigenvalue weighted by molar-refractivity contribution is 0.421. The molecule has 0 spiro atoms. The van der Waals surface area contributed by atoms with Crippen molar-refractivity contribution in [2.75, 3.05) is 5.73 Å². The van der Waals surface area contributed by atoms with Gasteiger partial charge in [-0.1, -0.05) is 0 Å². The van der Waals surface area contributed by atoms with E-state index in [1.807, 2.05) is 0 Å². The van der Waals surface area contributed by atoms with Crippen LogP contribution >= 0.6 is 0 Å². The highest BCUT2D eigenvalue weighted by atomic mass is 16.3. The molecule has 3 N–H and O–H groups in total. The lowest BCUT2D eigenvalue weighted by atomic mass is 10.1. The van der Waals surface area contributed by atoms with Gasteiger partial charge in [0.25, 0.3) is 5.56 Å². The smallest absolute Gasteiger partial charge is 0.276 e. The number of anilines is 1. The number of hydrogen-bond acceptors (Lipinski definition) is 4. The number of nitrogens with two attached hydrogens (primary N) is 1. The largest absolute Gasteiger partial charge is 0.493 e. The predicted molar refractivity (Wildman–Crippen MR) is 47.2 cm³/mol. The Morgan fingerprint density at radius 2 is 2.15 bits per heavy atom. The molecule has 0 aliphatic heterocycles. The van der Waals surface area contributed by atoms with E-state index in [0.717, 1.165) is 4.57 Å². The van der Waals surface area contributed by atoms with E-state index in [0.29, 0.717) is 5.56 Å². The summed E-state index contributed by atoms with van der Waals surface area (Å²) in [6, 6.07) is 1.78. The van der Waals surface area contributed by atoms with E-state index in [-0.39, 0.29) is 17.1 Å². The Morgan fingerprint density at radius 3 is 2.62 bits per heavy atom. The van der Waals surface area contributed by atoms with E-state index in [1.54, 1.807) is 6.07 Å². The van der Waals surface area contributed by atoms with Crippen LogP contribution in [-0.4, -0.2) is 9.67 Å². The Labute approximate surface area is 74.6 Å². The van der Waals surface area contributed by atoms with Gasteiger partial charge in [-0.15, -0.1) is 0 Å². The summed E-state index contributed by atoms with van der Waals surface area (Å²) in [6.07, 6.45) is 0. The summed E-state index contributed by atoms with van der Waals surface area (Å²) in [5.41, 5.74) is 5.30. The summed E-state index contributed by atoms with van der Waals surface area (Å²) >= 11 is 0. The van der Waals surface area contributed by atoms with Crippen LogP contribution in [-0.2, 0) is 7.05 Å². The first-order valence-electron chi connectivity index (χ1n) is 3.58. The maximum Gasteiger partial charge on any atom is 0.276 e. The summed E-state index contributed by atoms with van der Waals surface area (Å²) in [5.74, 6) is -0.348. The SMILES string of the molecule is Cc1c(C#N)c(O)n(C)c(=O)c1N. The molecule has 0 aromatic carbocycles. The van der Waals surface area contributed by atoms with Crippen molar-refractivity contribution < 1.29 is 5.11 Å². The number of aromatic hydroxyl groups is 1. The zero-order valence-electron chi connectivity index (χ0n) is 7.33. The third-order valence-electron chi connectivity index (χ3n) is 1.97. The van der Waals surface area contributed by atoms with Crippen LogP contribution in [0.4, 0.5) is 5.69 Å². The minimum atomic E-state index is -0.492. The fourth-order valence-corrected chi connectivity index (χ4v) is 1.04. The molecule has 0 fully saturated rings. The molecule has 5 nitrogen and oxygen atoms in total. The molecule has 0 radical (unpaired) electrons. The van der Waals surface area contributed by atoms with Crippen LogP contribution < -0.4 is 11.3 Å². The average Bonchev–Trinajstić information content (AvgIpc) is 2.13. The highest BCUT2D eigenvalue weighted by Gasteiger charge is 2.13. The van der Waals surface area contributed by atoms with Gasteiger partial charge in [0.15, 0.2) is 0 Å². The van der Waals surface area contributed by atoms with Gasteiger partial charge >= 0.3 is 0 Å². The molecule has 1 aromatic rings. The number of hydrogen-bond donors (Lipinski definition) is 2. The average molecular weight is 179 g/mol. The van der Waals surface area contributed by atoms with Crippen LogP contribution in [0.25, 0.3) is 0 Å². The Hall–Kier alpha value is -1.96. The minimum absolute atomic E-state index is 0.00292. The van der Waals surface area contributed by atoms with Crippen LogP contribution in [0.2, 0.25) is 0 Å². The molecule has 0 bridgehead atoms. The monoisotopic (exact) mass is 179 g/mol. The summed E-state index contributed by atoms with van der Waals surface area (Å²) < 4.78 is 0.945. The summed E-state index contributed by atoms with van der Waals surface area (Å²) in [6.45, 7) is 1.52. The first-order valence-corrected chi connectivity index (χ1v) is 3.58. The number of nitrogen functional groups attached to an aromatic ring is 1. The highest BCUT2D eigenvalue weighted by molar-refractivity contribution is 5.56. The first-order chi connectivity index (χ1) is 6.00. The molecule has 0 aliphatic carbocycles. The molecule has 0 saturated heterocycles. The lowest BCUT2D eigenvalue weighted by Crippen LogP contribution is -2.22. The number of aromatic nitrogens is 1. The van der Waals surface area contributed by atoms with Crippen LogP contribution in [0, 0.1) is 18.3 Å². The molecule has 0 amide bonds. The zero-order valence-corrected chi connectivity index (χ0v) is 7.33. The van der Waals surface area contributed by atoms with Gasteiger partial charge in [0.05, 0.1) is 0 Å². The summed E-state index contributed by atoms with van der Waals surface area (Å²) in [4.78, 5) is 11.2. The fourth-order valence-electron chi connectivity index (χ4n) is 1.04. The Kier molecular flexibility index (Phi) is 1.98. The van der Waals surface area contributed by atoms with Crippen LogP contribution in [0.1, 0.15) is 11.1 Å². The molecular weight excluding hydrogens is 170 g/mol. The molecule has 5 heteroatoms. The van der Waals surface area contributed by atoms with E-state index in [9.17, 15) is 9.90 Å². The third-order valence-corrected chi connectivity index (χ3v) is 1.97. The molecular formula is C8H9N3O2. The first kappa shape index (κ1) is 9.13. The van der Waals surface area contributed by atoms with Crippen molar-refractivity contribution in [3.05, 3.63) is 21.5 Å². The maximum absolute atomic E-state index is 11.2. The molecule has 1 rings (SSSR count). The van der Waals surface area contributed by atoms with Crippen molar-refractivity contribution in [3.63, 3.8) is 0 Å². The van der Waals surface area contributed by atoms with Gasteiger partial charge in [0.1, 0.15) is 17.3 Å². The van der Waals surface area contributed by atoms with E-state index in [1.165, 1.54) is 14.0 Å². The standard InChI is InChI=1S/C8H9N3O2/c1-4-5(3-9)7(12)11(2)8(13)6(4)10/h12H,10H2,1-2H3. The molecule has 0 unspecified atom stereocenters. The van der Waals surface area contributed by atoms with Crippen LogP contribution in [0.15, 0.2) is 4.79 Å². The molecule has 1 aromatic heterocycles. The molecule has 0 aliphatic rings. The van der Waals surface area contributed by atoms with Gasteiger partial charge < -0.3 is 10.8 Å². The lowest BCUT2D eigenvalue weighted by Gasteiger charge is -2.08. The second-order valence-corrected chi connectivity index (χ2v) is 2.71. The van der Waals surface area contributed by atoms with Crippen molar-refractivity contribution in [1.82, 2.24) is 4.57 Å². The molecule has 68 valence electrons. The molecule has 1 heterocycles. The van der Waals surface area contributed by atoms with Crippen molar-refractivity contribution in [1.29, 1.82) is 5.26 Å². The van der Waals surface area contributed by atoms with Crippen molar-refractivity contribution in [2.24, 2.45) is 7.05 Å². The Bertz CT molecular complexity index is 422. The highest BCUT2D eigenvalue weighted by Crippen LogP contribution is 2.20. The van der Waals surface area contributed by atoms with Crippen molar-refractivity contribution in [3.8, 4) is 11.9 Å². The second-order valence-electron chi connectivity index (χ2n) is 2.71. The quantitative estimate of drug-likeness (QED) is 0.579. The second kappa shape index (κ2) is 2.83. The van der Waals surface area contributed by atoms with Crippen molar-refractivity contribution in [2.45, 2.75) is 6.92 Å². The number of nitrogens with zero attached hydrogens (tertiary/aromatic N) is 2. The molecule has 0 atom stereocenters. The fraction of sp³-hybridized carbons (Fsp3) is 0.250. The summed E-state index contributed by atoms with van der Waals surface area (Å²) in [5, 5.41) is 18.0. The Morgan fingerprint density at radius 1 is 1.62 bits per heavy atom. The topological polar surface area (TPSA) is 92.0 Å². The van der Waals surface area contributed by atoms with Gasteiger partial charge in [-0.05, 0) is 6.92 Å². The minimum Gasteiger partial charge on any atom is -0.493 e. The third kappa shape index (κ3) is 1.12. The molecule has 13 heavy (non-hydrogen) atoms. The number of nitriles is 1. The van der Waals surface area contributed by atoms with E-state index >= 15 is 0 Å². The van der Waals surface area contributed by atoms with Crippen LogP contribution in [0.3, 0.4) is 0 Å². The maximum atomic E-state index is 11.2. The van der Waals surface area contributed by atoms with E-state index in [4.69, 9.17) is 11.0 Å². The number of rotatable bonds is 0. The van der Waals surface area contributed by atoms with Gasteiger partial charge in [-0.25, -0.2) is 0 Å². The zero-order chi connectivity index (χ0) is 10.2.